The molecule has 1 saturated heterocycles. The second-order valence-electron chi connectivity index (χ2n) is 5.98. The minimum absolute atomic E-state index is 0.963. The SMILES string of the molecule is c1ccc(-c2csc(N3CCCN(Cc4cscn4)CC3)n2)cc1. The van der Waals surface area contributed by atoms with Gasteiger partial charge in [0.25, 0.3) is 0 Å². The second kappa shape index (κ2) is 7.42. The van der Waals surface area contributed by atoms with Crippen molar-refractivity contribution in [2.45, 2.75) is 13.0 Å². The van der Waals surface area contributed by atoms with Crippen molar-refractivity contribution in [3.63, 3.8) is 0 Å². The van der Waals surface area contributed by atoms with E-state index in [1.165, 1.54) is 17.7 Å². The molecule has 0 radical (unpaired) electrons. The van der Waals surface area contributed by atoms with E-state index in [1.54, 1.807) is 22.7 Å². The lowest BCUT2D eigenvalue weighted by Crippen LogP contribution is -2.30. The fraction of sp³-hybridized carbons (Fsp3) is 0.333. The predicted molar refractivity (Wildman–Crippen MR) is 102 cm³/mol. The number of hydrogen-bond donors (Lipinski definition) is 0. The first-order valence-electron chi connectivity index (χ1n) is 8.24. The number of nitrogens with zero attached hydrogens (tertiary/aromatic N) is 4. The number of anilines is 1. The molecule has 0 bridgehead atoms. The maximum Gasteiger partial charge on any atom is 0.185 e. The summed E-state index contributed by atoms with van der Waals surface area (Å²) in [7, 11) is 0. The Bertz CT molecular complexity index is 754. The molecule has 4 nitrogen and oxygen atoms in total. The molecule has 0 unspecified atom stereocenters. The minimum Gasteiger partial charge on any atom is -0.347 e. The molecular formula is C18H20N4S2. The van der Waals surface area contributed by atoms with Crippen molar-refractivity contribution in [1.29, 1.82) is 0 Å². The van der Waals surface area contributed by atoms with Crippen LogP contribution in [0.5, 0.6) is 0 Å². The lowest BCUT2D eigenvalue weighted by atomic mass is 10.2. The van der Waals surface area contributed by atoms with Crippen molar-refractivity contribution in [2.75, 3.05) is 31.1 Å². The highest BCUT2D eigenvalue weighted by Gasteiger charge is 2.18. The molecule has 4 rings (SSSR count). The Kier molecular flexibility index (Phi) is 4.87. The molecule has 0 aliphatic carbocycles. The van der Waals surface area contributed by atoms with Crippen LogP contribution in [0.15, 0.2) is 46.6 Å². The highest BCUT2D eigenvalue weighted by atomic mass is 32.1. The van der Waals surface area contributed by atoms with E-state index < -0.39 is 0 Å². The molecule has 1 aromatic carbocycles. The van der Waals surface area contributed by atoms with Crippen molar-refractivity contribution in [3.8, 4) is 11.3 Å². The highest BCUT2D eigenvalue weighted by Crippen LogP contribution is 2.28. The average Bonchev–Trinajstić information content (AvgIpc) is 3.25. The number of benzene rings is 1. The Labute approximate surface area is 150 Å². The summed E-state index contributed by atoms with van der Waals surface area (Å²) in [5, 5.41) is 5.46. The molecule has 124 valence electrons. The molecule has 1 aliphatic heterocycles. The summed E-state index contributed by atoms with van der Waals surface area (Å²) < 4.78 is 0. The van der Waals surface area contributed by atoms with E-state index in [0.29, 0.717) is 0 Å². The summed E-state index contributed by atoms with van der Waals surface area (Å²) in [6.07, 6.45) is 1.17. The van der Waals surface area contributed by atoms with E-state index in [9.17, 15) is 0 Å². The maximum atomic E-state index is 4.86. The Hall–Kier alpha value is -1.76. The topological polar surface area (TPSA) is 32.3 Å². The standard InChI is InChI=1S/C18H20N4S2/c1-2-5-15(6-3-1)17-13-24-18(20-17)22-8-4-7-21(9-10-22)11-16-12-23-14-19-16/h1-3,5-6,12-14H,4,7-11H2. The summed E-state index contributed by atoms with van der Waals surface area (Å²) in [6.45, 7) is 5.27. The molecule has 0 atom stereocenters. The van der Waals surface area contributed by atoms with Crippen LogP contribution in [-0.2, 0) is 6.54 Å². The van der Waals surface area contributed by atoms with Gasteiger partial charge >= 0.3 is 0 Å². The van der Waals surface area contributed by atoms with Crippen LogP contribution in [0.2, 0.25) is 0 Å². The Balaban J connectivity index is 1.41. The molecule has 2 aromatic heterocycles. The minimum atomic E-state index is 0.963. The number of rotatable bonds is 4. The third-order valence-corrected chi connectivity index (χ3v) is 5.83. The fourth-order valence-corrected chi connectivity index (χ4v) is 4.45. The van der Waals surface area contributed by atoms with Crippen LogP contribution in [0.4, 0.5) is 5.13 Å². The lowest BCUT2D eigenvalue weighted by Gasteiger charge is -2.20. The van der Waals surface area contributed by atoms with Crippen LogP contribution < -0.4 is 4.90 Å². The summed E-state index contributed by atoms with van der Waals surface area (Å²) in [6, 6.07) is 10.4. The van der Waals surface area contributed by atoms with Gasteiger partial charge in [-0.05, 0) is 6.42 Å². The maximum absolute atomic E-state index is 4.86. The summed E-state index contributed by atoms with van der Waals surface area (Å²) >= 11 is 3.43. The zero-order chi connectivity index (χ0) is 16.2. The van der Waals surface area contributed by atoms with Crippen LogP contribution in [0.25, 0.3) is 11.3 Å². The highest BCUT2D eigenvalue weighted by molar-refractivity contribution is 7.14. The molecule has 1 aliphatic rings. The second-order valence-corrected chi connectivity index (χ2v) is 7.53. The molecule has 1 fully saturated rings. The quantitative estimate of drug-likeness (QED) is 0.708. The molecule has 0 saturated carbocycles. The van der Waals surface area contributed by atoms with Crippen LogP contribution in [0.3, 0.4) is 0 Å². The summed E-state index contributed by atoms with van der Waals surface area (Å²) in [4.78, 5) is 14.2. The van der Waals surface area contributed by atoms with E-state index in [2.05, 4.69) is 49.8 Å². The van der Waals surface area contributed by atoms with Gasteiger partial charge in [0.05, 0.1) is 16.9 Å². The molecular weight excluding hydrogens is 336 g/mol. The van der Waals surface area contributed by atoms with E-state index in [0.717, 1.165) is 43.5 Å². The van der Waals surface area contributed by atoms with Gasteiger partial charge < -0.3 is 4.90 Å². The first kappa shape index (κ1) is 15.7. The number of thiazole rings is 2. The van der Waals surface area contributed by atoms with Crippen LogP contribution in [-0.4, -0.2) is 41.0 Å². The first-order chi connectivity index (χ1) is 11.9. The van der Waals surface area contributed by atoms with E-state index in [1.807, 2.05) is 11.6 Å². The summed E-state index contributed by atoms with van der Waals surface area (Å²) in [5.74, 6) is 0. The van der Waals surface area contributed by atoms with Gasteiger partial charge in [0.2, 0.25) is 0 Å². The number of aromatic nitrogens is 2. The zero-order valence-electron chi connectivity index (χ0n) is 13.5. The first-order valence-corrected chi connectivity index (χ1v) is 10.1. The zero-order valence-corrected chi connectivity index (χ0v) is 15.1. The monoisotopic (exact) mass is 356 g/mol. The van der Waals surface area contributed by atoms with Crippen LogP contribution in [0.1, 0.15) is 12.1 Å². The van der Waals surface area contributed by atoms with Crippen molar-refractivity contribution < 1.29 is 0 Å². The van der Waals surface area contributed by atoms with Crippen molar-refractivity contribution in [1.82, 2.24) is 14.9 Å². The third kappa shape index (κ3) is 3.66. The fourth-order valence-electron chi connectivity index (χ4n) is 3.02. The van der Waals surface area contributed by atoms with Gasteiger partial charge in [-0.1, -0.05) is 30.3 Å². The molecule has 3 aromatic rings. The van der Waals surface area contributed by atoms with Gasteiger partial charge in [-0.3, -0.25) is 4.90 Å². The van der Waals surface area contributed by atoms with Gasteiger partial charge in [0.1, 0.15) is 0 Å². The van der Waals surface area contributed by atoms with Crippen LogP contribution in [0, 0.1) is 0 Å². The van der Waals surface area contributed by atoms with E-state index >= 15 is 0 Å². The Morgan fingerprint density at radius 2 is 1.92 bits per heavy atom. The molecule has 6 heteroatoms. The largest absolute Gasteiger partial charge is 0.347 e. The van der Waals surface area contributed by atoms with Crippen molar-refractivity contribution >= 4 is 27.8 Å². The van der Waals surface area contributed by atoms with Gasteiger partial charge in [0, 0.05) is 49.0 Å². The van der Waals surface area contributed by atoms with E-state index in [4.69, 9.17) is 4.98 Å². The smallest absolute Gasteiger partial charge is 0.185 e. The Morgan fingerprint density at radius 1 is 1.00 bits per heavy atom. The Morgan fingerprint density at radius 3 is 2.75 bits per heavy atom. The molecule has 0 N–H and O–H groups in total. The van der Waals surface area contributed by atoms with Crippen LogP contribution >= 0.6 is 22.7 Å². The van der Waals surface area contributed by atoms with Crippen molar-refractivity contribution in [3.05, 3.63) is 52.3 Å². The van der Waals surface area contributed by atoms with Gasteiger partial charge in [0.15, 0.2) is 5.13 Å². The van der Waals surface area contributed by atoms with E-state index in [-0.39, 0.29) is 0 Å². The predicted octanol–water partition coefficient (Wildman–Crippen LogP) is 3.98. The van der Waals surface area contributed by atoms with Gasteiger partial charge in [-0.15, -0.1) is 22.7 Å². The van der Waals surface area contributed by atoms with Gasteiger partial charge in [-0.25, -0.2) is 9.97 Å². The average molecular weight is 357 g/mol. The molecule has 0 spiro atoms. The molecule has 24 heavy (non-hydrogen) atoms. The summed E-state index contributed by atoms with van der Waals surface area (Å²) in [5.41, 5.74) is 5.38. The molecule has 0 amide bonds. The number of hydrogen-bond acceptors (Lipinski definition) is 6. The lowest BCUT2D eigenvalue weighted by molar-refractivity contribution is 0.282. The van der Waals surface area contributed by atoms with Gasteiger partial charge in [-0.2, -0.15) is 0 Å². The van der Waals surface area contributed by atoms with Crippen molar-refractivity contribution in [2.24, 2.45) is 0 Å². The third-order valence-electron chi connectivity index (χ3n) is 4.29. The normalized spacial score (nSPS) is 16.2. The molecule has 3 heterocycles.